The molecule has 148 valence electrons. The van der Waals surface area contributed by atoms with Gasteiger partial charge in [0.05, 0.1) is 18.8 Å². The van der Waals surface area contributed by atoms with E-state index in [0.717, 1.165) is 55.6 Å². The molecule has 2 aromatic heterocycles. The molecule has 7 nitrogen and oxygen atoms in total. The molecule has 0 atom stereocenters. The molecular weight excluding hydrogens is 356 g/mol. The van der Waals surface area contributed by atoms with E-state index in [4.69, 9.17) is 4.74 Å². The Morgan fingerprint density at radius 1 is 1.18 bits per heavy atom. The number of fused-ring (bicyclic) bond motifs is 3. The molecule has 1 fully saturated rings. The van der Waals surface area contributed by atoms with E-state index in [0.29, 0.717) is 17.6 Å². The van der Waals surface area contributed by atoms with E-state index < -0.39 is 0 Å². The number of carbonyl (C=O) groups excluding carboxylic acids is 1. The molecule has 1 aliphatic rings. The highest BCUT2D eigenvalue weighted by atomic mass is 16.5. The largest absolute Gasteiger partial charge is 0.379 e. The van der Waals surface area contributed by atoms with Crippen molar-refractivity contribution in [3.63, 3.8) is 0 Å². The zero-order valence-electron chi connectivity index (χ0n) is 16.4. The summed E-state index contributed by atoms with van der Waals surface area (Å²) in [6.45, 7) is 5.01. The summed E-state index contributed by atoms with van der Waals surface area (Å²) in [4.78, 5) is 28.0. The fourth-order valence-electron chi connectivity index (χ4n) is 4.00. The predicted molar refractivity (Wildman–Crippen MR) is 110 cm³/mol. The van der Waals surface area contributed by atoms with Crippen molar-refractivity contribution in [2.75, 3.05) is 39.4 Å². The zero-order chi connectivity index (χ0) is 19.7. The number of rotatable bonds is 5. The number of hydrogen-bond acceptors (Lipinski definition) is 4. The molecule has 4 rings (SSSR count). The van der Waals surface area contributed by atoms with E-state index in [1.165, 1.54) is 4.57 Å². The monoisotopic (exact) mass is 382 g/mol. The van der Waals surface area contributed by atoms with Gasteiger partial charge in [-0.1, -0.05) is 18.2 Å². The maximum absolute atomic E-state index is 13.0. The number of aromatic nitrogens is 2. The van der Waals surface area contributed by atoms with E-state index in [9.17, 15) is 9.59 Å². The van der Waals surface area contributed by atoms with Crippen molar-refractivity contribution in [1.29, 1.82) is 0 Å². The second kappa shape index (κ2) is 7.77. The van der Waals surface area contributed by atoms with E-state index in [1.54, 1.807) is 13.2 Å². The van der Waals surface area contributed by atoms with Gasteiger partial charge in [0.15, 0.2) is 0 Å². The molecular formula is C21H26N4O3. The molecule has 7 heteroatoms. The Bertz CT molecular complexity index is 1080. The van der Waals surface area contributed by atoms with Gasteiger partial charge >= 0.3 is 0 Å². The molecule has 3 aromatic rings. The predicted octanol–water partition coefficient (Wildman–Crippen LogP) is 1.48. The molecule has 1 amide bonds. The van der Waals surface area contributed by atoms with Crippen LogP contribution in [0.5, 0.6) is 0 Å². The third-order valence-corrected chi connectivity index (χ3v) is 5.51. The number of morpholine rings is 1. The van der Waals surface area contributed by atoms with E-state index in [2.05, 4.69) is 10.2 Å². The van der Waals surface area contributed by atoms with Gasteiger partial charge in [-0.3, -0.25) is 14.5 Å². The molecule has 0 radical (unpaired) electrons. The summed E-state index contributed by atoms with van der Waals surface area (Å²) in [5.41, 5.74) is 1.95. The van der Waals surface area contributed by atoms with Gasteiger partial charge in [-0.15, -0.1) is 0 Å². The summed E-state index contributed by atoms with van der Waals surface area (Å²) >= 11 is 0. The van der Waals surface area contributed by atoms with Crippen LogP contribution in [0.1, 0.15) is 16.8 Å². The smallest absolute Gasteiger partial charge is 0.274 e. The van der Waals surface area contributed by atoms with E-state index in [1.807, 2.05) is 35.9 Å². The summed E-state index contributed by atoms with van der Waals surface area (Å²) in [6, 6.07) is 7.81. The fraction of sp³-hybridized carbons (Fsp3) is 0.429. The summed E-state index contributed by atoms with van der Waals surface area (Å²) in [5, 5.41) is 4.69. The third-order valence-electron chi connectivity index (χ3n) is 5.51. The number of nitrogens with one attached hydrogen (secondary N) is 1. The molecule has 1 saturated heterocycles. The molecule has 3 heterocycles. The Morgan fingerprint density at radius 2 is 1.93 bits per heavy atom. The molecule has 0 unspecified atom stereocenters. The normalized spacial score (nSPS) is 15.4. The lowest BCUT2D eigenvalue weighted by Crippen LogP contribution is -2.38. The molecule has 0 spiro atoms. The first kappa shape index (κ1) is 18.7. The van der Waals surface area contributed by atoms with Gasteiger partial charge in [0, 0.05) is 56.2 Å². The highest BCUT2D eigenvalue weighted by Gasteiger charge is 2.20. The Morgan fingerprint density at radius 3 is 2.71 bits per heavy atom. The first-order valence-corrected chi connectivity index (χ1v) is 9.73. The van der Waals surface area contributed by atoms with Crippen molar-refractivity contribution in [3.05, 3.63) is 46.4 Å². The van der Waals surface area contributed by atoms with Crippen LogP contribution in [0.25, 0.3) is 21.8 Å². The van der Waals surface area contributed by atoms with Gasteiger partial charge in [-0.2, -0.15) is 0 Å². The van der Waals surface area contributed by atoms with Crippen molar-refractivity contribution in [3.8, 4) is 0 Å². The summed E-state index contributed by atoms with van der Waals surface area (Å²) < 4.78 is 8.73. The summed E-state index contributed by atoms with van der Waals surface area (Å²) in [5.74, 6) is -0.140. The number of amides is 1. The average Bonchev–Trinajstić information content (AvgIpc) is 3.02. The first-order valence-electron chi connectivity index (χ1n) is 9.73. The number of nitrogens with zero attached hydrogens (tertiary/aromatic N) is 3. The van der Waals surface area contributed by atoms with Crippen LogP contribution in [0.15, 0.2) is 35.3 Å². The van der Waals surface area contributed by atoms with Gasteiger partial charge in [0.25, 0.3) is 11.5 Å². The van der Waals surface area contributed by atoms with Crippen LogP contribution in [0, 0.1) is 0 Å². The first-order chi connectivity index (χ1) is 13.6. The Balaban J connectivity index is 1.59. The van der Waals surface area contributed by atoms with Crippen molar-refractivity contribution in [2.45, 2.75) is 6.42 Å². The van der Waals surface area contributed by atoms with Crippen LogP contribution < -0.4 is 10.9 Å². The summed E-state index contributed by atoms with van der Waals surface area (Å²) in [7, 11) is 3.56. The van der Waals surface area contributed by atoms with E-state index in [-0.39, 0.29) is 11.5 Å². The second-order valence-corrected chi connectivity index (χ2v) is 7.32. The van der Waals surface area contributed by atoms with Gasteiger partial charge in [0.1, 0.15) is 5.52 Å². The molecule has 28 heavy (non-hydrogen) atoms. The van der Waals surface area contributed by atoms with Crippen LogP contribution >= 0.6 is 0 Å². The number of carbonyl (C=O) groups is 1. The van der Waals surface area contributed by atoms with Crippen molar-refractivity contribution in [1.82, 2.24) is 19.4 Å². The van der Waals surface area contributed by atoms with Crippen molar-refractivity contribution < 1.29 is 9.53 Å². The Kier molecular flexibility index (Phi) is 5.19. The van der Waals surface area contributed by atoms with E-state index >= 15 is 0 Å². The third kappa shape index (κ3) is 3.31. The van der Waals surface area contributed by atoms with Crippen molar-refractivity contribution in [2.24, 2.45) is 14.1 Å². The molecule has 0 bridgehead atoms. The minimum atomic E-state index is -0.140. The average molecular weight is 382 g/mol. The van der Waals surface area contributed by atoms with Crippen molar-refractivity contribution >= 4 is 27.7 Å². The lowest BCUT2D eigenvalue weighted by atomic mass is 10.1. The number of pyridine rings is 1. The molecule has 1 aromatic carbocycles. The van der Waals surface area contributed by atoms with Crippen LogP contribution in [0.2, 0.25) is 0 Å². The topological polar surface area (TPSA) is 68.5 Å². The Hall–Kier alpha value is -2.64. The lowest BCUT2D eigenvalue weighted by molar-refractivity contribution is 0.0374. The van der Waals surface area contributed by atoms with Crippen LogP contribution in [0.3, 0.4) is 0 Å². The van der Waals surface area contributed by atoms with Gasteiger partial charge in [0.2, 0.25) is 0 Å². The minimum absolute atomic E-state index is 0.0995. The van der Waals surface area contributed by atoms with Gasteiger partial charge in [-0.05, 0) is 19.0 Å². The van der Waals surface area contributed by atoms with Crippen LogP contribution in [-0.2, 0) is 18.8 Å². The number of aryl methyl sites for hydroxylation is 2. The fourth-order valence-corrected chi connectivity index (χ4v) is 4.00. The van der Waals surface area contributed by atoms with Gasteiger partial charge < -0.3 is 19.2 Å². The summed E-state index contributed by atoms with van der Waals surface area (Å²) in [6.07, 6.45) is 2.53. The molecule has 1 N–H and O–H groups in total. The SMILES string of the molecule is Cn1cc(C(=O)NCCCN2CCOCC2)c2c3ccccc3n(C)c2c1=O. The maximum Gasteiger partial charge on any atom is 0.274 e. The quantitative estimate of drug-likeness (QED) is 0.679. The minimum Gasteiger partial charge on any atom is -0.379 e. The number of para-hydroxylation sites is 1. The highest BCUT2D eigenvalue weighted by Crippen LogP contribution is 2.28. The van der Waals surface area contributed by atoms with Crippen LogP contribution in [-0.4, -0.2) is 59.3 Å². The molecule has 0 aliphatic carbocycles. The maximum atomic E-state index is 13.0. The second-order valence-electron chi connectivity index (χ2n) is 7.32. The Labute approximate surface area is 163 Å². The number of ether oxygens (including phenoxy) is 1. The van der Waals surface area contributed by atoms with Gasteiger partial charge in [-0.25, -0.2) is 0 Å². The highest BCUT2D eigenvalue weighted by molar-refractivity contribution is 6.17. The zero-order valence-corrected chi connectivity index (χ0v) is 16.4. The van der Waals surface area contributed by atoms with Crippen LogP contribution in [0.4, 0.5) is 0 Å². The molecule has 0 saturated carbocycles. The molecule has 1 aliphatic heterocycles. The standard InChI is InChI=1S/C21H26N4O3/c1-23-14-16(20(26)22-8-5-9-25-10-12-28-13-11-25)18-15-6-3-4-7-17(15)24(2)19(18)21(23)27/h3-4,6-7,14H,5,8-13H2,1-2H3,(H,22,26). The number of benzene rings is 1. The number of hydrogen-bond donors (Lipinski definition) is 1. The lowest BCUT2D eigenvalue weighted by Gasteiger charge is -2.26.